The van der Waals surface area contributed by atoms with Gasteiger partial charge in [0.05, 0.1) is 0 Å². The van der Waals surface area contributed by atoms with E-state index in [0.29, 0.717) is 0 Å². The summed E-state index contributed by atoms with van der Waals surface area (Å²) in [6.07, 6.45) is 3.75. The van der Waals surface area contributed by atoms with Gasteiger partial charge in [-0.1, -0.05) is 36.7 Å². The second-order valence-electron chi connectivity index (χ2n) is 4.70. The molecule has 0 saturated carbocycles. The van der Waals surface area contributed by atoms with Gasteiger partial charge in [-0.25, -0.2) is 0 Å². The third-order valence-corrected chi connectivity index (χ3v) is 3.94. The molecule has 1 aromatic carbocycles. The second-order valence-corrected chi connectivity index (χ2v) is 6.02. The number of nitrogens with one attached hydrogen (secondary N) is 1. The lowest BCUT2D eigenvalue weighted by Gasteiger charge is -2.20. The molecule has 0 saturated heterocycles. The second kappa shape index (κ2) is 7.77. The van der Waals surface area contributed by atoms with Crippen molar-refractivity contribution in [2.24, 2.45) is 0 Å². The Morgan fingerprint density at radius 1 is 1.25 bits per heavy atom. The third-order valence-electron chi connectivity index (χ3n) is 3.12. The SMILES string of the molecule is CCCNC(Cc1ccc(Br)cn1)c1ccccc1Cl. The summed E-state index contributed by atoms with van der Waals surface area (Å²) in [6.45, 7) is 3.13. The Kier molecular flexibility index (Phi) is 6.02. The molecule has 2 rings (SSSR count). The largest absolute Gasteiger partial charge is 0.310 e. The fourth-order valence-corrected chi connectivity index (χ4v) is 2.61. The standard InChI is InChI=1S/C16H18BrClN2/c1-2-9-19-16(14-5-3-4-6-15(14)18)10-13-8-7-12(17)11-20-13/h3-8,11,16,19H,2,9-10H2,1H3. The summed E-state index contributed by atoms with van der Waals surface area (Å²) in [5.74, 6) is 0. The molecule has 20 heavy (non-hydrogen) atoms. The van der Waals surface area contributed by atoms with Gasteiger partial charge in [-0.05, 0) is 52.7 Å². The van der Waals surface area contributed by atoms with Crippen molar-refractivity contribution in [1.82, 2.24) is 10.3 Å². The van der Waals surface area contributed by atoms with E-state index in [2.05, 4.69) is 39.2 Å². The maximum Gasteiger partial charge on any atom is 0.0453 e. The topological polar surface area (TPSA) is 24.9 Å². The number of halogens is 2. The molecule has 106 valence electrons. The molecule has 0 bridgehead atoms. The zero-order valence-electron chi connectivity index (χ0n) is 11.4. The minimum absolute atomic E-state index is 0.192. The minimum Gasteiger partial charge on any atom is -0.310 e. The maximum absolute atomic E-state index is 6.32. The first kappa shape index (κ1) is 15.5. The molecule has 1 aromatic heterocycles. The van der Waals surface area contributed by atoms with Crippen molar-refractivity contribution in [3.63, 3.8) is 0 Å². The minimum atomic E-state index is 0.192. The van der Waals surface area contributed by atoms with Crippen LogP contribution in [0.4, 0.5) is 0 Å². The van der Waals surface area contributed by atoms with Gasteiger partial charge in [-0.2, -0.15) is 0 Å². The Morgan fingerprint density at radius 2 is 2.05 bits per heavy atom. The van der Waals surface area contributed by atoms with Crippen molar-refractivity contribution in [2.45, 2.75) is 25.8 Å². The average Bonchev–Trinajstić information content (AvgIpc) is 2.46. The van der Waals surface area contributed by atoms with Crippen LogP contribution in [0, 0.1) is 0 Å². The summed E-state index contributed by atoms with van der Waals surface area (Å²) in [7, 11) is 0. The molecule has 2 aromatic rings. The Hall–Kier alpha value is -0.900. The molecule has 1 unspecified atom stereocenters. The zero-order chi connectivity index (χ0) is 14.4. The zero-order valence-corrected chi connectivity index (χ0v) is 13.8. The first-order chi connectivity index (χ1) is 9.70. The summed E-state index contributed by atoms with van der Waals surface area (Å²) in [4.78, 5) is 4.45. The monoisotopic (exact) mass is 352 g/mol. The molecule has 1 atom stereocenters. The van der Waals surface area contributed by atoms with E-state index in [9.17, 15) is 0 Å². The van der Waals surface area contributed by atoms with E-state index in [4.69, 9.17) is 11.6 Å². The van der Waals surface area contributed by atoms with E-state index in [1.165, 1.54) is 0 Å². The Labute approximate surface area is 133 Å². The molecular weight excluding hydrogens is 336 g/mol. The molecule has 0 spiro atoms. The van der Waals surface area contributed by atoms with Crippen LogP contribution >= 0.6 is 27.5 Å². The smallest absolute Gasteiger partial charge is 0.0453 e. The van der Waals surface area contributed by atoms with Crippen LogP contribution in [0.2, 0.25) is 5.02 Å². The number of rotatable bonds is 6. The van der Waals surface area contributed by atoms with Gasteiger partial charge in [0.1, 0.15) is 0 Å². The quantitative estimate of drug-likeness (QED) is 0.808. The van der Waals surface area contributed by atoms with E-state index < -0.39 is 0 Å². The Morgan fingerprint density at radius 3 is 2.70 bits per heavy atom. The highest BCUT2D eigenvalue weighted by Gasteiger charge is 2.15. The van der Waals surface area contributed by atoms with Crippen LogP contribution in [0.3, 0.4) is 0 Å². The molecule has 1 heterocycles. The average molecular weight is 354 g/mol. The van der Waals surface area contributed by atoms with Crippen molar-refractivity contribution in [1.29, 1.82) is 0 Å². The van der Waals surface area contributed by atoms with E-state index >= 15 is 0 Å². The molecule has 0 aliphatic heterocycles. The Balaban J connectivity index is 2.19. The van der Waals surface area contributed by atoms with Gasteiger partial charge in [0, 0.05) is 33.8 Å². The molecule has 0 aliphatic rings. The van der Waals surface area contributed by atoms with E-state index in [0.717, 1.165) is 40.1 Å². The highest BCUT2D eigenvalue weighted by molar-refractivity contribution is 9.10. The number of benzene rings is 1. The number of pyridine rings is 1. The van der Waals surface area contributed by atoms with Gasteiger partial charge >= 0.3 is 0 Å². The summed E-state index contributed by atoms with van der Waals surface area (Å²) in [6, 6.07) is 12.3. The van der Waals surface area contributed by atoms with Crippen molar-refractivity contribution < 1.29 is 0 Å². The normalized spacial score (nSPS) is 12.3. The van der Waals surface area contributed by atoms with Gasteiger partial charge in [-0.3, -0.25) is 4.98 Å². The fourth-order valence-electron chi connectivity index (χ4n) is 2.10. The molecule has 0 amide bonds. The lowest BCUT2D eigenvalue weighted by Crippen LogP contribution is -2.24. The van der Waals surface area contributed by atoms with Crippen molar-refractivity contribution in [3.8, 4) is 0 Å². The van der Waals surface area contributed by atoms with Gasteiger partial charge in [0.2, 0.25) is 0 Å². The van der Waals surface area contributed by atoms with Gasteiger partial charge in [0.25, 0.3) is 0 Å². The lowest BCUT2D eigenvalue weighted by molar-refractivity contribution is 0.524. The Bertz CT molecular complexity index is 542. The first-order valence-corrected chi connectivity index (χ1v) is 7.96. The van der Waals surface area contributed by atoms with E-state index in [1.807, 2.05) is 36.5 Å². The van der Waals surface area contributed by atoms with Crippen LogP contribution in [0.1, 0.15) is 30.6 Å². The number of nitrogens with zero attached hydrogens (tertiary/aromatic N) is 1. The van der Waals surface area contributed by atoms with Crippen molar-refractivity contribution in [3.05, 3.63) is 63.3 Å². The highest BCUT2D eigenvalue weighted by Crippen LogP contribution is 2.25. The molecule has 4 heteroatoms. The molecular formula is C16H18BrClN2. The van der Waals surface area contributed by atoms with Crippen LogP contribution in [0.5, 0.6) is 0 Å². The van der Waals surface area contributed by atoms with E-state index in [1.54, 1.807) is 0 Å². The van der Waals surface area contributed by atoms with Gasteiger partial charge < -0.3 is 5.32 Å². The number of hydrogen-bond acceptors (Lipinski definition) is 2. The van der Waals surface area contributed by atoms with Crippen LogP contribution < -0.4 is 5.32 Å². The highest BCUT2D eigenvalue weighted by atomic mass is 79.9. The number of aromatic nitrogens is 1. The summed E-state index contributed by atoms with van der Waals surface area (Å²) in [5, 5.41) is 4.36. The number of hydrogen-bond donors (Lipinski definition) is 1. The lowest BCUT2D eigenvalue weighted by atomic mass is 10.0. The van der Waals surface area contributed by atoms with Crippen LogP contribution in [0.25, 0.3) is 0 Å². The van der Waals surface area contributed by atoms with Crippen LogP contribution in [-0.2, 0) is 6.42 Å². The molecule has 0 aliphatic carbocycles. The van der Waals surface area contributed by atoms with E-state index in [-0.39, 0.29) is 6.04 Å². The maximum atomic E-state index is 6.32. The van der Waals surface area contributed by atoms with Crippen molar-refractivity contribution >= 4 is 27.5 Å². The summed E-state index contributed by atoms with van der Waals surface area (Å²) >= 11 is 9.73. The molecule has 2 nitrogen and oxygen atoms in total. The summed E-state index contributed by atoms with van der Waals surface area (Å²) < 4.78 is 0.997. The molecule has 0 fully saturated rings. The van der Waals surface area contributed by atoms with Crippen LogP contribution in [0.15, 0.2) is 47.1 Å². The summed E-state index contributed by atoms with van der Waals surface area (Å²) in [5.41, 5.74) is 2.19. The predicted molar refractivity (Wildman–Crippen MR) is 88.1 cm³/mol. The third kappa shape index (κ3) is 4.30. The van der Waals surface area contributed by atoms with Crippen LogP contribution in [-0.4, -0.2) is 11.5 Å². The fraction of sp³-hybridized carbons (Fsp3) is 0.312. The first-order valence-electron chi connectivity index (χ1n) is 6.79. The molecule has 1 N–H and O–H groups in total. The van der Waals surface area contributed by atoms with Gasteiger partial charge in [-0.15, -0.1) is 0 Å². The van der Waals surface area contributed by atoms with Gasteiger partial charge in [0.15, 0.2) is 0 Å². The predicted octanol–water partition coefficient (Wildman–Crippen LogP) is 4.78. The molecule has 0 radical (unpaired) electrons. The van der Waals surface area contributed by atoms with Crippen molar-refractivity contribution in [2.75, 3.05) is 6.54 Å².